The maximum Gasteiger partial charge on any atom is 0.121 e. The van der Waals surface area contributed by atoms with E-state index in [4.69, 9.17) is 0 Å². The summed E-state index contributed by atoms with van der Waals surface area (Å²) in [6, 6.07) is 0. The van der Waals surface area contributed by atoms with E-state index >= 15 is 0 Å². The molecule has 0 aliphatic carbocycles. The van der Waals surface area contributed by atoms with Gasteiger partial charge in [0.25, 0.3) is 0 Å². The van der Waals surface area contributed by atoms with Crippen LogP contribution in [0.15, 0.2) is 0 Å². The van der Waals surface area contributed by atoms with E-state index in [2.05, 4.69) is 22.6 Å². The van der Waals surface area contributed by atoms with E-state index in [1.807, 2.05) is 13.8 Å². The zero-order valence-electron chi connectivity index (χ0n) is 4.57. The highest BCUT2D eigenvalue weighted by atomic mass is 127. The molecule has 0 aromatic rings. The predicted octanol–water partition coefficient (Wildman–Crippen LogP) is 1.79. The molecule has 0 atom stereocenters. The van der Waals surface area contributed by atoms with Crippen molar-refractivity contribution < 1.29 is 4.79 Å². The number of aldehydes is 1. The van der Waals surface area contributed by atoms with Gasteiger partial charge in [-0.2, -0.15) is 0 Å². The van der Waals surface area contributed by atoms with Crippen molar-refractivity contribution in [2.24, 2.45) is 0 Å². The Labute approximate surface area is 57.6 Å². The fourth-order valence-corrected chi connectivity index (χ4v) is 0.378. The zero-order chi connectivity index (χ0) is 5.91. The van der Waals surface area contributed by atoms with Crippen molar-refractivity contribution in [1.82, 2.24) is 0 Å². The molecule has 0 heterocycles. The Balaban J connectivity index is 3.34. The van der Waals surface area contributed by atoms with E-state index in [1.54, 1.807) is 0 Å². The van der Waals surface area contributed by atoms with Crippen LogP contribution in [0.1, 0.15) is 20.3 Å². The third-order valence-corrected chi connectivity index (χ3v) is 1.01. The third-order valence-electron chi connectivity index (χ3n) is 0.569. The molecular formula is C5H9IO. The summed E-state index contributed by atoms with van der Waals surface area (Å²) in [4.78, 5) is 9.82. The molecule has 0 bridgehead atoms. The SMILES string of the molecule is CC(C)(I)CC=O. The van der Waals surface area contributed by atoms with Crippen molar-refractivity contribution in [3.05, 3.63) is 0 Å². The number of halogens is 1. The second-order valence-corrected chi connectivity index (χ2v) is 5.01. The van der Waals surface area contributed by atoms with Crippen molar-refractivity contribution in [2.75, 3.05) is 0 Å². The molecular weight excluding hydrogens is 203 g/mol. The highest BCUT2D eigenvalue weighted by molar-refractivity contribution is 14.1. The monoisotopic (exact) mass is 212 g/mol. The first kappa shape index (κ1) is 7.40. The second-order valence-electron chi connectivity index (χ2n) is 2.09. The largest absolute Gasteiger partial charge is 0.303 e. The molecule has 0 fully saturated rings. The van der Waals surface area contributed by atoms with Gasteiger partial charge < -0.3 is 4.79 Å². The molecule has 0 N–H and O–H groups in total. The Morgan fingerprint density at radius 3 is 2.14 bits per heavy atom. The minimum absolute atomic E-state index is 0.152. The standard InChI is InChI=1S/C5H9IO/c1-5(2,6)3-4-7/h4H,3H2,1-2H3. The first-order valence-corrected chi connectivity index (χ1v) is 3.27. The maximum absolute atomic E-state index is 9.82. The van der Waals surface area contributed by atoms with Crippen LogP contribution in [-0.4, -0.2) is 9.71 Å². The van der Waals surface area contributed by atoms with Gasteiger partial charge in [-0.25, -0.2) is 0 Å². The molecule has 0 saturated heterocycles. The fraction of sp³-hybridized carbons (Fsp3) is 0.800. The number of hydrogen-bond acceptors (Lipinski definition) is 1. The predicted molar refractivity (Wildman–Crippen MR) is 38.8 cm³/mol. The first-order chi connectivity index (χ1) is 3.06. The van der Waals surface area contributed by atoms with Crippen LogP contribution in [0.2, 0.25) is 0 Å². The summed E-state index contributed by atoms with van der Waals surface area (Å²) in [6.45, 7) is 4.06. The van der Waals surface area contributed by atoms with Crippen LogP contribution in [0.4, 0.5) is 0 Å². The molecule has 42 valence electrons. The van der Waals surface area contributed by atoms with Gasteiger partial charge in [0.1, 0.15) is 6.29 Å². The van der Waals surface area contributed by atoms with E-state index < -0.39 is 0 Å². The highest BCUT2D eigenvalue weighted by Gasteiger charge is 2.09. The molecule has 7 heavy (non-hydrogen) atoms. The average molecular weight is 212 g/mol. The van der Waals surface area contributed by atoms with Gasteiger partial charge in [0, 0.05) is 9.84 Å². The van der Waals surface area contributed by atoms with Crippen LogP contribution in [0.5, 0.6) is 0 Å². The van der Waals surface area contributed by atoms with Crippen LogP contribution in [0, 0.1) is 0 Å². The quantitative estimate of drug-likeness (QED) is 0.387. The van der Waals surface area contributed by atoms with E-state index in [-0.39, 0.29) is 3.42 Å². The summed E-state index contributed by atoms with van der Waals surface area (Å²) in [7, 11) is 0. The number of hydrogen-bond donors (Lipinski definition) is 0. The molecule has 2 heteroatoms. The Bertz CT molecular complexity index is 63.0. The second kappa shape index (κ2) is 2.64. The molecule has 0 spiro atoms. The van der Waals surface area contributed by atoms with Gasteiger partial charge in [-0.1, -0.05) is 36.4 Å². The summed E-state index contributed by atoms with van der Waals surface area (Å²) in [5, 5.41) is 0. The molecule has 0 rings (SSSR count). The smallest absolute Gasteiger partial charge is 0.121 e. The third kappa shape index (κ3) is 6.40. The number of alkyl halides is 1. The molecule has 0 aliphatic rings. The lowest BCUT2D eigenvalue weighted by Gasteiger charge is -2.09. The van der Waals surface area contributed by atoms with E-state index in [0.717, 1.165) is 6.29 Å². The van der Waals surface area contributed by atoms with E-state index in [9.17, 15) is 4.79 Å². The molecule has 0 aromatic carbocycles. The van der Waals surface area contributed by atoms with Crippen LogP contribution in [-0.2, 0) is 4.79 Å². The van der Waals surface area contributed by atoms with Crippen molar-refractivity contribution in [3.63, 3.8) is 0 Å². The van der Waals surface area contributed by atoms with E-state index in [0.29, 0.717) is 6.42 Å². The lowest BCUT2D eigenvalue weighted by Crippen LogP contribution is -2.08. The van der Waals surface area contributed by atoms with Crippen LogP contribution in [0.25, 0.3) is 0 Å². The normalized spacial score (nSPS) is 11.3. The van der Waals surface area contributed by atoms with Crippen molar-refractivity contribution in [1.29, 1.82) is 0 Å². The van der Waals surface area contributed by atoms with Crippen molar-refractivity contribution in [2.45, 2.75) is 23.7 Å². The summed E-state index contributed by atoms with van der Waals surface area (Å²) in [5.74, 6) is 0. The highest BCUT2D eigenvalue weighted by Crippen LogP contribution is 2.18. The van der Waals surface area contributed by atoms with E-state index in [1.165, 1.54) is 0 Å². The number of carbonyl (C=O) groups excluding carboxylic acids is 1. The summed E-state index contributed by atoms with van der Waals surface area (Å²) in [6.07, 6.45) is 1.60. The van der Waals surface area contributed by atoms with Crippen LogP contribution in [0.3, 0.4) is 0 Å². The topological polar surface area (TPSA) is 17.1 Å². The first-order valence-electron chi connectivity index (χ1n) is 2.19. The molecule has 0 aliphatic heterocycles. The average Bonchev–Trinajstić information content (AvgIpc) is 1.30. The molecule has 0 aromatic heterocycles. The van der Waals surface area contributed by atoms with Gasteiger partial charge in [-0.05, 0) is 0 Å². The number of carbonyl (C=O) groups is 1. The van der Waals surface area contributed by atoms with Gasteiger partial charge in [0.05, 0.1) is 0 Å². The van der Waals surface area contributed by atoms with Gasteiger partial charge in [0.2, 0.25) is 0 Å². The lowest BCUT2D eigenvalue weighted by atomic mass is 10.2. The number of rotatable bonds is 2. The summed E-state index contributed by atoms with van der Waals surface area (Å²) >= 11 is 2.25. The molecule has 0 unspecified atom stereocenters. The van der Waals surface area contributed by atoms with Gasteiger partial charge in [0.15, 0.2) is 0 Å². The maximum atomic E-state index is 9.82. The summed E-state index contributed by atoms with van der Waals surface area (Å²) < 4.78 is 0.152. The van der Waals surface area contributed by atoms with Crippen LogP contribution < -0.4 is 0 Å². The zero-order valence-corrected chi connectivity index (χ0v) is 6.73. The van der Waals surface area contributed by atoms with Gasteiger partial charge in [-0.15, -0.1) is 0 Å². The minimum atomic E-state index is 0.152. The molecule has 1 nitrogen and oxygen atoms in total. The lowest BCUT2D eigenvalue weighted by molar-refractivity contribution is -0.108. The van der Waals surface area contributed by atoms with Crippen molar-refractivity contribution in [3.8, 4) is 0 Å². The van der Waals surface area contributed by atoms with Gasteiger partial charge in [-0.3, -0.25) is 0 Å². The molecule has 0 amide bonds. The Kier molecular flexibility index (Phi) is 2.80. The molecule has 0 saturated carbocycles. The summed E-state index contributed by atoms with van der Waals surface area (Å²) in [5.41, 5.74) is 0. The van der Waals surface area contributed by atoms with Crippen LogP contribution >= 0.6 is 22.6 Å². The van der Waals surface area contributed by atoms with Crippen molar-refractivity contribution >= 4 is 28.9 Å². The Morgan fingerprint density at radius 2 is 2.14 bits per heavy atom. The minimum Gasteiger partial charge on any atom is -0.303 e. The molecule has 0 radical (unpaired) electrons. The van der Waals surface area contributed by atoms with Gasteiger partial charge >= 0.3 is 0 Å². The Morgan fingerprint density at radius 1 is 1.71 bits per heavy atom. The Hall–Kier alpha value is 0.400. The fourth-order valence-electron chi connectivity index (χ4n) is 0.198.